The molecule has 8 heteroatoms. The van der Waals surface area contributed by atoms with Crippen molar-refractivity contribution >= 4 is 11.9 Å². The van der Waals surface area contributed by atoms with Crippen molar-refractivity contribution in [2.45, 2.75) is 38.5 Å². The number of esters is 2. The maximum absolute atomic E-state index is 13.0. The molecule has 0 aromatic heterocycles. The van der Waals surface area contributed by atoms with Crippen LogP contribution in [-0.4, -0.2) is 39.4 Å². The molecule has 0 heterocycles. The zero-order valence-electron chi connectivity index (χ0n) is 28.5. The molecule has 50 heavy (non-hydrogen) atoms. The van der Waals surface area contributed by atoms with Crippen molar-refractivity contribution in [1.29, 1.82) is 0 Å². The molecule has 258 valence electrons. The number of hydrogen-bond donors (Lipinski definition) is 0. The van der Waals surface area contributed by atoms with Crippen LogP contribution in [0.25, 0.3) is 0 Å². The molecule has 0 spiro atoms. The monoisotopic (exact) mass is 674 g/mol. The first-order valence-corrected chi connectivity index (χ1v) is 16.8. The molecule has 0 aliphatic heterocycles. The van der Waals surface area contributed by atoms with Crippen LogP contribution in [0.1, 0.15) is 57.5 Å². The fourth-order valence-electron chi connectivity index (χ4n) is 5.40. The van der Waals surface area contributed by atoms with Crippen LogP contribution >= 0.6 is 0 Å². The number of carbonyl (C=O) groups is 2. The average Bonchev–Trinajstić information content (AvgIpc) is 3.15. The minimum atomic E-state index is -0.710. The van der Waals surface area contributed by atoms with E-state index >= 15 is 0 Å². The zero-order valence-corrected chi connectivity index (χ0v) is 28.5. The Morgan fingerprint density at radius 2 is 1.00 bits per heavy atom. The van der Waals surface area contributed by atoms with E-state index in [0.29, 0.717) is 25.4 Å². The molecule has 0 saturated carbocycles. The lowest BCUT2D eigenvalue weighted by molar-refractivity contribution is 0.0550. The predicted molar refractivity (Wildman–Crippen MR) is 192 cm³/mol. The SMILES string of the molecule is COC(=O)c1ccc(OCCCCc2cccc(Oc3ccccc3)c2)c(OCCCCc2cccc(Oc3ccccc3)c2)c1C(=O)OC. The summed E-state index contributed by atoms with van der Waals surface area (Å²) in [6.07, 6.45) is 4.79. The lowest BCUT2D eigenvalue weighted by Gasteiger charge is -2.18. The molecular weight excluding hydrogens is 632 g/mol. The summed E-state index contributed by atoms with van der Waals surface area (Å²) in [6, 6.07) is 38.6. The zero-order chi connectivity index (χ0) is 35.0. The van der Waals surface area contributed by atoms with Gasteiger partial charge in [0.2, 0.25) is 0 Å². The molecule has 0 amide bonds. The summed E-state index contributed by atoms with van der Waals surface area (Å²) in [6.45, 7) is 0.683. The van der Waals surface area contributed by atoms with Gasteiger partial charge < -0.3 is 28.4 Å². The molecule has 0 fully saturated rings. The average molecular weight is 675 g/mol. The molecule has 5 rings (SSSR count). The normalized spacial score (nSPS) is 10.6. The second kappa shape index (κ2) is 18.7. The minimum absolute atomic E-state index is 0.0159. The van der Waals surface area contributed by atoms with E-state index in [1.54, 1.807) is 6.07 Å². The first-order chi connectivity index (χ1) is 24.5. The van der Waals surface area contributed by atoms with Gasteiger partial charge in [0.05, 0.1) is 33.0 Å². The Morgan fingerprint density at radius 1 is 0.500 bits per heavy atom. The van der Waals surface area contributed by atoms with Gasteiger partial charge in [-0.15, -0.1) is 0 Å². The van der Waals surface area contributed by atoms with Gasteiger partial charge in [-0.3, -0.25) is 0 Å². The molecule has 0 unspecified atom stereocenters. The standard InChI is InChI=1S/C42H42O8/c1-45-41(43)37-25-26-38(47-27-11-9-15-31-17-13-23-35(29-31)49-33-19-5-3-6-20-33)40(39(37)42(44)46-2)48-28-12-10-16-32-18-14-24-36(30-32)50-34-21-7-4-8-22-34/h3-8,13-14,17-26,29-30H,9-12,15-16,27-28H2,1-2H3. The van der Waals surface area contributed by atoms with E-state index in [4.69, 9.17) is 28.4 Å². The molecule has 0 aliphatic rings. The largest absolute Gasteiger partial charge is 0.490 e. The minimum Gasteiger partial charge on any atom is -0.490 e. The molecule has 0 bridgehead atoms. The highest BCUT2D eigenvalue weighted by Gasteiger charge is 2.27. The van der Waals surface area contributed by atoms with Gasteiger partial charge in [0.25, 0.3) is 0 Å². The van der Waals surface area contributed by atoms with Crippen molar-refractivity contribution in [3.05, 3.63) is 144 Å². The van der Waals surface area contributed by atoms with Crippen LogP contribution in [-0.2, 0) is 22.3 Å². The summed E-state index contributed by atoms with van der Waals surface area (Å²) in [5, 5.41) is 0. The summed E-state index contributed by atoms with van der Waals surface area (Å²) < 4.78 is 34.3. The number of carbonyl (C=O) groups excluding carboxylic acids is 2. The van der Waals surface area contributed by atoms with Crippen molar-refractivity contribution in [2.24, 2.45) is 0 Å². The summed E-state index contributed by atoms with van der Waals surface area (Å²) >= 11 is 0. The van der Waals surface area contributed by atoms with Gasteiger partial charge in [0, 0.05) is 0 Å². The van der Waals surface area contributed by atoms with Gasteiger partial charge in [-0.25, -0.2) is 9.59 Å². The highest BCUT2D eigenvalue weighted by atomic mass is 16.5. The second-order valence-electron chi connectivity index (χ2n) is 11.5. The number of rotatable bonds is 18. The number of methoxy groups -OCH3 is 2. The van der Waals surface area contributed by atoms with Crippen molar-refractivity contribution < 1.29 is 38.0 Å². The first-order valence-electron chi connectivity index (χ1n) is 16.8. The van der Waals surface area contributed by atoms with E-state index < -0.39 is 11.9 Å². The van der Waals surface area contributed by atoms with Crippen LogP contribution in [0.5, 0.6) is 34.5 Å². The molecule has 0 aliphatic carbocycles. The number of unbranched alkanes of at least 4 members (excludes halogenated alkanes) is 2. The maximum Gasteiger partial charge on any atom is 0.342 e. The van der Waals surface area contributed by atoms with Crippen LogP contribution in [0.3, 0.4) is 0 Å². The van der Waals surface area contributed by atoms with Crippen LogP contribution < -0.4 is 18.9 Å². The lowest BCUT2D eigenvalue weighted by atomic mass is 10.1. The van der Waals surface area contributed by atoms with Crippen molar-refractivity contribution in [3.63, 3.8) is 0 Å². The molecule has 0 radical (unpaired) electrons. The Hall–Kier alpha value is -5.76. The molecule has 5 aromatic carbocycles. The molecular formula is C42H42O8. The van der Waals surface area contributed by atoms with Gasteiger partial charge in [0.15, 0.2) is 11.5 Å². The fraction of sp³-hybridized carbons (Fsp3) is 0.238. The maximum atomic E-state index is 13.0. The van der Waals surface area contributed by atoms with E-state index in [1.165, 1.54) is 20.3 Å². The molecule has 0 N–H and O–H groups in total. The van der Waals surface area contributed by atoms with Crippen LogP contribution in [0.2, 0.25) is 0 Å². The van der Waals surface area contributed by atoms with Gasteiger partial charge in [-0.1, -0.05) is 60.7 Å². The Bertz CT molecular complexity index is 1820. The van der Waals surface area contributed by atoms with Crippen molar-refractivity contribution in [3.8, 4) is 34.5 Å². The highest BCUT2D eigenvalue weighted by Crippen LogP contribution is 2.36. The number of para-hydroxylation sites is 2. The number of aryl methyl sites for hydroxylation is 2. The molecule has 0 saturated heterocycles. The molecule has 5 aromatic rings. The third-order valence-corrected chi connectivity index (χ3v) is 7.89. The lowest BCUT2D eigenvalue weighted by Crippen LogP contribution is -2.15. The Kier molecular flexibility index (Phi) is 13.3. The van der Waals surface area contributed by atoms with Crippen LogP contribution in [0.4, 0.5) is 0 Å². The topological polar surface area (TPSA) is 89.5 Å². The third-order valence-electron chi connectivity index (χ3n) is 7.89. The summed E-state index contributed by atoms with van der Waals surface area (Å²) in [5.41, 5.74) is 2.33. The fourth-order valence-corrected chi connectivity index (χ4v) is 5.40. The Morgan fingerprint density at radius 3 is 1.52 bits per heavy atom. The van der Waals surface area contributed by atoms with E-state index in [9.17, 15) is 9.59 Å². The quantitative estimate of drug-likeness (QED) is 0.0671. The smallest absolute Gasteiger partial charge is 0.342 e. The predicted octanol–water partition coefficient (Wildman–Crippen LogP) is 9.65. The highest BCUT2D eigenvalue weighted by molar-refractivity contribution is 6.05. The van der Waals surface area contributed by atoms with E-state index in [-0.39, 0.29) is 16.9 Å². The van der Waals surface area contributed by atoms with Gasteiger partial charge in [-0.2, -0.15) is 0 Å². The van der Waals surface area contributed by atoms with Gasteiger partial charge >= 0.3 is 11.9 Å². The Balaban J connectivity index is 1.17. The van der Waals surface area contributed by atoms with E-state index in [0.717, 1.165) is 66.2 Å². The van der Waals surface area contributed by atoms with Crippen molar-refractivity contribution in [2.75, 3.05) is 27.4 Å². The molecule has 8 nitrogen and oxygen atoms in total. The van der Waals surface area contributed by atoms with Crippen LogP contribution in [0.15, 0.2) is 121 Å². The number of benzene rings is 5. The van der Waals surface area contributed by atoms with Gasteiger partial charge in [0.1, 0.15) is 28.6 Å². The van der Waals surface area contributed by atoms with Crippen LogP contribution in [0, 0.1) is 0 Å². The summed E-state index contributed by atoms with van der Waals surface area (Å²) in [4.78, 5) is 25.6. The summed E-state index contributed by atoms with van der Waals surface area (Å²) in [5.74, 6) is 2.30. The van der Waals surface area contributed by atoms with E-state index in [2.05, 4.69) is 12.1 Å². The summed E-state index contributed by atoms with van der Waals surface area (Å²) in [7, 11) is 2.52. The van der Waals surface area contributed by atoms with Crippen molar-refractivity contribution in [1.82, 2.24) is 0 Å². The Labute approximate surface area is 293 Å². The second-order valence-corrected chi connectivity index (χ2v) is 11.5. The number of ether oxygens (including phenoxy) is 6. The first kappa shape index (κ1) is 35.5. The molecule has 0 atom stereocenters. The number of hydrogen-bond acceptors (Lipinski definition) is 8. The third kappa shape index (κ3) is 10.4. The van der Waals surface area contributed by atoms with E-state index in [1.807, 2.05) is 97.1 Å². The van der Waals surface area contributed by atoms with Gasteiger partial charge in [-0.05, 0) is 110 Å².